The van der Waals surface area contributed by atoms with E-state index in [0.717, 1.165) is 76.2 Å². The van der Waals surface area contributed by atoms with Gasteiger partial charge >= 0.3 is 11.9 Å². The number of carbonyl (C=O) groups excluding carboxylic acids is 2. The van der Waals surface area contributed by atoms with Gasteiger partial charge in [-0.25, -0.2) is 0 Å². The third-order valence-electron chi connectivity index (χ3n) is 8.68. The molecule has 8 heteroatoms. The Bertz CT molecular complexity index is 656. The van der Waals surface area contributed by atoms with E-state index < -0.39 is 0 Å². The fourth-order valence-electron chi connectivity index (χ4n) is 5.58. The summed E-state index contributed by atoms with van der Waals surface area (Å²) in [5, 5.41) is 3.45. The summed E-state index contributed by atoms with van der Waals surface area (Å²) >= 11 is 0. The van der Waals surface area contributed by atoms with Crippen LogP contribution < -0.4 is 5.32 Å². The molecule has 0 aromatic rings. The van der Waals surface area contributed by atoms with Gasteiger partial charge in [0.15, 0.2) is 0 Å². The molecule has 0 saturated carbocycles. The lowest BCUT2D eigenvalue weighted by Gasteiger charge is -2.16. The SMILES string of the molecule is CCCCCCCCCCCCCC(=O)OCCCNCCSSCCN(C)CCCOC(=O)CCCCCCCCCCCCC. The van der Waals surface area contributed by atoms with E-state index in [0.29, 0.717) is 26.1 Å². The van der Waals surface area contributed by atoms with Gasteiger partial charge in [-0.2, -0.15) is 0 Å². The van der Waals surface area contributed by atoms with Gasteiger partial charge in [0.05, 0.1) is 13.2 Å². The molecule has 0 radical (unpaired) electrons. The first-order valence-electron chi connectivity index (χ1n) is 20.0. The molecule has 280 valence electrons. The van der Waals surface area contributed by atoms with E-state index in [4.69, 9.17) is 9.47 Å². The summed E-state index contributed by atoms with van der Waals surface area (Å²) in [5.74, 6) is 2.10. The summed E-state index contributed by atoms with van der Waals surface area (Å²) in [5.41, 5.74) is 0. The van der Waals surface area contributed by atoms with Crippen molar-refractivity contribution in [2.24, 2.45) is 0 Å². The monoisotopic (exact) mass is 703 g/mol. The van der Waals surface area contributed by atoms with E-state index in [-0.39, 0.29) is 11.9 Å². The number of nitrogens with one attached hydrogen (secondary N) is 1. The van der Waals surface area contributed by atoms with Crippen LogP contribution in [0.1, 0.15) is 181 Å². The molecule has 0 atom stereocenters. The highest BCUT2D eigenvalue weighted by Gasteiger charge is 2.05. The van der Waals surface area contributed by atoms with Crippen LogP contribution in [0.3, 0.4) is 0 Å². The van der Waals surface area contributed by atoms with Crippen molar-refractivity contribution in [3.8, 4) is 0 Å². The van der Waals surface area contributed by atoms with Crippen LogP contribution in [0.15, 0.2) is 0 Å². The number of hydrogen-bond acceptors (Lipinski definition) is 8. The quantitative estimate of drug-likeness (QED) is 0.0386. The summed E-state index contributed by atoms with van der Waals surface area (Å²) in [6.07, 6.45) is 31.5. The van der Waals surface area contributed by atoms with E-state index in [9.17, 15) is 9.59 Å². The van der Waals surface area contributed by atoms with Gasteiger partial charge in [0.25, 0.3) is 0 Å². The van der Waals surface area contributed by atoms with Crippen molar-refractivity contribution >= 4 is 33.5 Å². The number of carbonyl (C=O) groups is 2. The van der Waals surface area contributed by atoms with Gasteiger partial charge in [0.2, 0.25) is 0 Å². The van der Waals surface area contributed by atoms with Gasteiger partial charge in [-0.05, 0) is 39.3 Å². The van der Waals surface area contributed by atoms with E-state index in [1.807, 2.05) is 21.6 Å². The Labute approximate surface area is 300 Å². The molecule has 0 aromatic carbocycles. The topological polar surface area (TPSA) is 67.9 Å². The molecule has 0 amide bonds. The van der Waals surface area contributed by atoms with E-state index >= 15 is 0 Å². The first-order chi connectivity index (χ1) is 23.1. The molecule has 6 nitrogen and oxygen atoms in total. The second kappa shape index (κ2) is 40.0. The smallest absolute Gasteiger partial charge is 0.305 e. The van der Waals surface area contributed by atoms with E-state index in [1.54, 1.807) is 0 Å². The van der Waals surface area contributed by atoms with Crippen molar-refractivity contribution in [3.05, 3.63) is 0 Å². The summed E-state index contributed by atoms with van der Waals surface area (Å²) < 4.78 is 10.8. The third kappa shape index (κ3) is 39.9. The molecule has 0 heterocycles. The number of rotatable bonds is 39. The van der Waals surface area contributed by atoms with Crippen molar-refractivity contribution in [1.29, 1.82) is 0 Å². The standard InChI is InChI=1S/C39H78N2O4S2/c1-4-6-8-10-12-14-16-18-20-22-24-28-38(42)44-34-26-30-40-31-36-46-47-37-33-41(3)32-27-35-45-39(43)29-25-23-21-19-17-15-13-11-9-7-5-2/h40H,4-37H2,1-3H3. The van der Waals surface area contributed by atoms with Crippen LogP contribution in [-0.2, 0) is 19.1 Å². The predicted molar refractivity (Wildman–Crippen MR) is 209 cm³/mol. The van der Waals surface area contributed by atoms with Crippen LogP contribution in [0.4, 0.5) is 0 Å². The van der Waals surface area contributed by atoms with Gasteiger partial charge in [-0.3, -0.25) is 9.59 Å². The lowest BCUT2D eigenvalue weighted by molar-refractivity contribution is -0.144. The van der Waals surface area contributed by atoms with Crippen LogP contribution >= 0.6 is 21.6 Å². The Kier molecular flexibility index (Phi) is 39.6. The minimum Gasteiger partial charge on any atom is -0.466 e. The number of ether oxygens (including phenoxy) is 2. The second-order valence-corrected chi connectivity index (χ2v) is 16.1. The molecule has 0 unspecified atom stereocenters. The Morgan fingerprint density at radius 2 is 0.894 bits per heavy atom. The number of hydrogen-bond donors (Lipinski definition) is 1. The highest BCUT2D eigenvalue weighted by Crippen LogP contribution is 2.20. The lowest BCUT2D eigenvalue weighted by Crippen LogP contribution is -2.23. The fraction of sp³-hybridized carbons (Fsp3) is 0.949. The van der Waals surface area contributed by atoms with Gasteiger partial charge in [0.1, 0.15) is 0 Å². The van der Waals surface area contributed by atoms with Gasteiger partial charge < -0.3 is 19.7 Å². The predicted octanol–water partition coefficient (Wildman–Crippen LogP) is 11.2. The first kappa shape index (κ1) is 46.6. The molecule has 1 N–H and O–H groups in total. The van der Waals surface area contributed by atoms with E-state index in [1.165, 1.54) is 116 Å². The van der Waals surface area contributed by atoms with Crippen molar-refractivity contribution in [3.63, 3.8) is 0 Å². The Morgan fingerprint density at radius 3 is 1.36 bits per heavy atom. The fourth-order valence-corrected chi connectivity index (χ4v) is 7.61. The van der Waals surface area contributed by atoms with Gasteiger partial charge in [-0.15, -0.1) is 0 Å². The average molecular weight is 703 g/mol. The Morgan fingerprint density at radius 1 is 0.489 bits per heavy atom. The Hall–Kier alpha value is -0.440. The summed E-state index contributed by atoms with van der Waals surface area (Å²) in [6.45, 7) is 9.47. The zero-order valence-corrected chi connectivity index (χ0v) is 33.1. The minimum absolute atomic E-state index is 0.0278. The maximum Gasteiger partial charge on any atom is 0.305 e. The number of unbranched alkanes of at least 4 members (excludes halogenated alkanes) is 20. The van der Waals surface area contributed by atoms with Crippen LogP contribution in [0.25, 0.3) is 0 Å². The molecular weight excluding hydrogens is 625 g/mol. The maximum absolute atomic E-state index is 12.0. The van der Waals surface area contributed by atoms with E-state index in [2.05, 4.69) is 31.1 Å². The third-order valence-corrected chi connectivity index (χ3v) is 11.1. The zero-order chi connectivity index (χ0) is 34.3. The van der Waals surface area contributed by atoms with Crippen LogP contribution in [0.2, 0.25) is 0 Å². The summed E-state index contributed by atoms with van der Waals surface area (Å²) in [6, 6.07) is 0. The molecule has 0 bridgehead atoms. The molecule has 0 rings (SSSR count). The van der Waals surface area contributed by atoms with Crippen molar-refractivity contribution in [2.75, 3.05) is 57.9 Å². The summed E-state index contributed by atoms with van der Waals surface area (Å²) in [4.78, 5) is 26.2. The maximum atomic E-state index is 12.0. The van der Waals surface area contributed by atoms with Crippen molar-refractivity contribution in [2.45, 2.75) is 181 Å². The summed E-state index contributed by atoms with van der Waals surface area (Å²) in [7, 11) is 5.97. The average Bonchev–Trinajstić information content (AvgIpc) is 3.07. The zero-order valence-electron chi connectivity index (χ0n) is 31.4. The minimum atomic E-state index is -0.0336. The first-order valence-corrected chi connectivity index (χ1v) is 22.5. The van der Waals surface area contributed by atoms with Gasteiger partial charge in [0, 0.05) is 44.0 Å². The molecule has 0 aliphatic heterocycles. The van der Waals surface area contributed by atoms with Crippen molar-refractivity contribution in [1.82, 2.24) is 10.2 Å². The molecule has 47 heavy (non-hydrogen) atoms. The van der Waals surface area contributed by atoms with Crippen LogP contribution in [0.5, 0.6) is 0 Å². The van der Waals surface area contributed by atoms with Crippen LogP contribution in [0, 0.1) is 0 Å². The van der Waals surface area contributed by atoms with Gasteiger partial charge in [-0.1, -0.05) is 164 Å². The largest absolute Gasteiger partial charge is 0.466 e. The second-order valence-electron chi connectivity index (χ2n) is 13.4. The highest BCUT2D eigenvalue weighted by atomic mass is 33.1. The molecule has 0 aliphatic rings. The molecule has 0 aromatic heterocycles. The molecule has 0 fully saturated rings. The number of nitrogens with zero attached hydrogens (tertiary/aromatic N) is 1. The molecule has 0 saturated heterocycles. The van der Waals surface area contributed by atoms with Crippen LogP contribution in [-0.4, -0.2) is 74.8 Å². The lowest BCUT2D eigenvalue weighted by atomic mass is 10.1. The molecule has 0 spiro atoms. The Balaban J connectivity index is 3.31. The number of esters is 2. The normalized spacial score (nSPS) is 11.4. The highest BCUT2D eigenvalue weighted by molar-refractivity contribution is 8.76. The van der Waals surface area contributed by atoms with Crippen molar-refractivity contribution < 1.29 is 19.1 Å². The molecular formula is C39H78N2O4S2. The molecule has 0 aliphatic carbocycles.